The molecule has 0 bridgehead atoms. The molecule has 4 aliphatic heterocycles. The number of thiophene rings is 1. The summed E-state index contributed by atoms with van der Waals surface area (Å²) in [5.74, 6) is 1.37. The summed E-state index contributed by atoms with van der Waals surface area (Å²) in [4.78, 5) is 16.6. The fraction of sp³-hybridized carbons (Fsp3) is 0.357. The first-order chi connectivity index (χ1) is 17.3. The molecule has 0 saturated carbocycles. The van der Waals surface area contributed by atoms with Crippen LogP contribution in [0, 0.1) is 0 Å². The Bertz CT molecular complexity index is 1210. The van der Waals surface area contributed by atoms with Crippen molar-refractivity contribution in [2.75, 3.05) is 26.2 Å². The van der Waals surface area contributed by atoms with Gasteiger partial charge in [-0.1, -0.05) is 36.4 Å². The highest BCUT2D eigenvalue weighted by Gasteiger charge is 2.34. The number of aliphatic imine (C=N–C) groups is 2. The van der Waals surface area contributed by atoms with Crippen LogP contribution in [0.3, 0.4) is 0 Å². The minimum Gasteiger partial charge on any atom is -0.453 e. The quantitative estimate of drug-likeness (QED) is 0.445. The summed E-state index contributed by atoms with van der Waals surface area (Å²) in [6.45, 7) is 4.24. The molecule has 7 heteroatoms. The van der Waals surface area contributed by atoms with E-state index in [-0.39, 0.29) is 12.5 Å². The zero-order chi connectivity index (χ0) is 23.2. The van der Waals surface area contributed by atoms with E-state index < -0.39 is 0 Å². The summed E-state index contributed by atoms with van der Waals surface area (Å²) in [6.07, 6.45) is 4.70. The van der Waals surface area contributed by atoms with Crippen molar-refractivity contribution < 1.29 is 9.47 Å². The predicted octanol–water partition coefficient (Wildman–Crippen LogP) is 6.15. The standard InChI is InChI=1S/C28H28N4O2S/c1-3-11-21-19(9-1)27(31-15-5-6-16-31)33-25(29-21)23-13-14-24(35-23)26-30-22-12-4-2-10-20(22)28(34-26)32-17-7-8-18-32/h1-4,9-14,27-28H,5-8,15-18H2. The number of rotatable bonds is 4. The second-order valence-electron chi connectivity index (χ2n) is 9.54. The van der Waals surface area contributed by atoms with Crippen LogP contribution in [0.1, 0.15) is 59.0 Å². The molecule has 2 atom stereocenters. The molecule has 2 unspecified atom stereocenters. The molecule has 0 N–H and O–H groups in total. The fourth-order valence-corrected chi connectivity index (χ4v) is 6.37. The summed E-state index contributed by atoms with van der Waals surface area (Å²) in [6, 6.07) is 20.9. The number of benzene rings is 2. The first-order valence-electron chi connectivity index (χ1n) is 12.6. The molecular weight excluding hydrogens is 456 g/mol. The highest BCUT2D eigenvalue weighted by molar-refractivity contribution is 7.16. The van der Waals surface area contributed by atoms with Gasteiger partial charge >= 0.3 is 0 Å². The van der Waals surface area contributed by atoms with Crippen LogP contribution >= 0.6 is 11.3 Å². The summed E-state index contributed by atoms with van der Waals surface area (Å²) >= 11 is 1.64. The van der Waals surface area contributed by atoms with Crippen LogP contribution in [-0.2, 0) is 9.47 Å². The van der Waals surface area contributed by atoms with Crippen LogP contribution in [0.4, 0.5) is 11.4 Å². The molecule has 0 aliphatic carbocycles. The monoisotopic (exact) mass is 484 g/mol. The Kier molecular flexibility index (Phi) is 5.41. The third-order valence-corrected chi connectivity index (χ3v) is 8.33. The molecule has 5 heterocycles. The van der Waals surface area contributed by atoms with Crippen molar-refractivity contribution in [3.63, 3.8) is 0 Å². The fourth-order valence-electron chi connectivity index (χ4n) is 5.50. The Hall–Kier alpha value is -3.00. The largest absolute Gasteiger partial charge is 0.453 e. The summed E-state index contributed by atoms with van der Waals surface area (Å²) in [7, 11) is 0. The van der Waals surface area contributed by atoms with Gasteiger partial charge in [0, 0.05) is 37.3 Å². The molecule has 0 radical (unpaired) electrons. The number of fused-ring (bicyclic) bond motifs is 2. The number of hydrogen-bond donors (Lipinski definition) is 0. The number of para-hydroxylation sites is 2. The molecule has 6 nitrogen and oxygen atoms in total. The lowest BCUT2D eigenvalue weighted by molar-refractivity contribution is 0.0297. The van der Waals surface area contributed by atoms with E-state index in [1.165, 1.54) is 25.7 Å². The highest BCUT2D eigenvalue weighted by Crippen LogP contribution is 2.41. The molecule has 178 valence electrons. The molecule has 4 aliphatic rings. The van der Waals surface area contributed by atoms with E-state index in [0.717, 1.165) is 58.4 Å². The Morgan fingerprint density at radius 2 is 1.03 bits per heavy atom. The van der Waals surface area contributed by atoms with Crippen molar-refractivity contribution in [2.24, 2.45) is 9.98 Å². The third kappa shape index (κ3) is 3.88. The van der Waals surface area contributed by atoms with Crippen LogP contribution in [0.15, 0.2) is 70.6 Å². The molecule has 2 saturated heterocycles. The van der Waals surface area contributed by atoms with Crippen LogP contribution in [-0.4, -0.2) is 47.8 Å². The van der Waals surface area contributed by atoms with E-state index in [1.807, 2.05) is 12.1 Å². The second-order valence-corrected chi connectivity index (χ2v) is 10.6. The lowest BCUT2D eigenvalue weighted by Crippen LogP contribution is -2.31. The average molecular weight is 485 g/mol. The van der Waals surface area contributed by atoms with Gasteiger partial charge in [0.1, 0.15) is 0 Å². The van der Waals surface area contributed by atoms with E-state index in [1.54, 1.807) is 11.3 Å². The predicted molar refractivity (Wildman–Crippen MR) is 139 cm³/mol. The Labute approximate surface area is 209 Å². The smallest absolute Gasteiger partial charge is 0.233 e. The highest BCUT2D eigenvalue weighted by atomic mass is 32.1. The van der Waals surface area contributed by atoms with Crippen LogP contribution in [0.2, 0.25) is 0 Å². The zero-order valence-corrected chi connectivity index (χ0v) is 20.4. The van der Waals surface area contributed by atoms with Gasteiger partial charge in [-0.25, -0.2) is 9.98 Å². The summed E-state index contributed by atoms with van der Waals surface area (Å²) < 4.78 is 13.1. The first kappa shape index (κ1) is 21.3. The van der Waals surface area contributed by atoms with Gasteiger partial charge in [-0.05, 0) is 49.9 Å². The van der Waals surface area contributed by atoms with E-state index in [0.29, 0.717) is 11.8 Å². The van der Waals surface area contributed by atoms with Gasteiger partial charge in [0.15, 0.2) is 12.5 Å². The molecule has 0 amide bonds. The van der Waals surface area contributed by atoms with Crippen molar-refractivity contribution >= 4 is 34.5 Å². The van der Waals surface area contributed by atoms with Gasteiger partial charge in [-0.15, -0.1) is 11.3 Å². The average Bonchev–Trinajstić information content (AvgIpc) is 3.70. The number of hydrogen-bond acceptors (Lipinski definition) is 7. The van der Waals surface area contributed by atoms with Gasteiger partial charge in [-0.2, -0.15) is 0 Å². The second kappa shape index (κ2) is 8.90. The van der Waals surface area contributed by atoms with Crippen LogP contribution < -0.4 is 0 Å². The maximum atomic E-state index is 6.54. The van der Waals surface area contributed by atoms with Crippen molar-refractivity contribution in [3.05, 3.63) is 81.5 Å². The Balaban J connectivity index is 1.21. The van der Waals surface area contributed by atoms with Crippen molar-refractivity contribution in [1.29, 1.82) is 0 Å². The maximum absolute atomic E-state index is 6.54. The summed E-state index contributed by atoms with van der Waals surface area (Å²) in [5, 5.41) is 0. The molecule has 2 fully saturated rings. The molecule has 7 rings (SSSR count). The molecular formula is C28H28N4O2S. The van der Waals surface area contributed by atoms with Gasteiger partial charge in [-0.3, -0.25) is 9.80 Å². The van der Waals surface area contributed by atoms with Crippen molar-refractivity contribution in [3.8, 4) is 0 Å². The van der Waals surface area contributed by atoms with Gasteiger partial charge in [0.05, 0.1) is 21.1 Å². The summed E-state index contributed by atoms with van der Waals surface area (Å²) in [5.41, 5.74) is 4.30. The first-order valence-corrected chi connectivity index (χ1v) is 13.4. The lowest BCUT2D eigenvalue weighted by Gasteiger charge is -2.32. The van der Waals surface area contributed by atoms with E-state index in [9.17, 15) is 0 Å². The van der Waals surface area contributed by atoms with E-state index >= 15 is 0 Å². The van der Waals surface area contributed by atoms with Crippen molar-refractivity contribution in [1.82, 2.24) is 9.80 Å². The number of likely N-dealkylation sites (tertiary alicyclic amines) is 2. The lowest BCUT2D eigenvalue weighted by atomic mass is 10.1. The Morgan fingerprint density at radius 3 is 1.49 bits per heavy atom. The minimum atomic E-state index is -0.0820. The zero-order valence-electron chi connectivity index (χ0n) is 19.6. The van der Waals surface area contributed by atoms with Gasteiger partial charge in [0.25, 0.3) is 0 Å². The van der Waals surface area contributed by atoms with Gasteiger partial charge in [0.2, 0.25) is 11.8 Å². The molecule has 35 heavy (non-hydrogen) atoms. The topological polar surface area (TPSA) is 49.7 Å². The Morgan fingerprint density at radius 1 is 0.600 bits per heavy atom. The molecule has 3 aromatic rings. The third-order valence-electron chi connectivity index (χ3n) is 7.27. The SMILES string of the molecule is c1ccc2c(c1)N=C(c1ccc(C3=Nc4ccccc4C(N4CCCC4)O3)s1)OC2N1CCCC1. The number of ether oxygens (including phenoxy) is 2. The molecule has 2 aromatic carbocycles. The number of nitrogens with zero attached hydrogens (tertiary/aromatic N) is 4. The minimum absolute atomic E-state index is 0.0820. The normalized spacial score (nSPS) is 24.2. The maximum Gasteiger partial charge on any atom is 0.233 e. The van der Waals surface area contributed by atoms with Crippen LogP contribution in [0.25, 0.3) is 0 Å². The van der Waals surface area contributed by atoms with E-state index in [4.69, 9.17) is 19.5 Å². The molecule has 0 spiro atoms. The van der Waals surface area contributed by atoms with Crippen LogP contribution in [0.5, 0.6) is 0 Å². The molecule has 1 aromatic heterocycles. The van der Waals surface area contributed by atoms with Crippen molar-refractivity contribution in [2.45, 2.75) is 38.1 Å². The van der Waals surface area contributed by atoms with Gasteiger partial charge < -0.3 is 9.47 Å². The van der Waals surface area contributed by atoms with E-state index in [2.05, 4.69) is 58.3 Å².